The Labute approximate surface area is 302 Å². The molecule has 6 heteroatoms. The van der Waals surface area contributed by atoms with Crippen molar-refractivity contribution in [2.75, 3.05) is 6.61 Å². The number of benzene rings is 5. The average molecular weight is 690 g/mol. The highest BCUT2D eigenvalue weighted by Crippen LogP contribution is 2.44. The molecule has 51 heavy (non-hydrogen) atoms. The van der Waals surface area contributed by atoms with E-state index in [9.17, 15) is 9.90 Å². The summed E-state index contributed by atoms with van der Waals surface area (Å²) in [5.41, 5.74) is 6.50. The summed E-state index contributed by atoms with van der Waals surface area (Å²) in [6.45, 7) is 6.50. The van der Waals surface area contributed by atoms with Gasteiger partial charge >= 0.3 is 0 Å². The number of oxazole rings is 1. The number of aliphatic hydroxyl groups is 1. The van der Waals surface area contributed by atoms with Crippen LogP contribution in [0.1, 0.15) is 61.0 Å². The minimum absolute atomic E-state index is 0.0250. The summed E-state index contributed by atoms with van der Waals surface area (Å²) in [6.07, 6.45) is 1.64. The number of carbonyl (C=O) groups is 1. The minimum Gasteiger partial charge on any atom is -0.540 e. The van der Waals surface area contributed by atoms with Crippen molar-refractivity contribution >= 4 is 30.8 Å². The quantitative estimate of drug-likeness (QED) is 0.109. The molecule has 0 bridgehead atoms. The van der Waals surface area contributed by atoms with Crippen LogP contribution in [0.4, 0.5) is 0 Å². The number of Topliss-reactive ketones (excluding diaryl/α,β-unsaturated/α-hetero) is 1. The van der Waals surface area contributed by atoms with Gasteiger partial charge in [-0.1, -0.05) is 160 Å². The van der Waals surface area contributed by atoms with Crippen LogP contribution in [-0.4, -0.2) is 31.5 Å². The largest absolute Gasteiger partial charge is 0.540 e. The predicted molar refractivity (Wildman–Crippen MR) is 208 cm³/mol. The summed E-state index contributed by atoms with van der Waals surface area (Å²) < 4.78 is 13.7. The summed E-state index contributed by atoms with van der Waals surface area (Å²) in [5, 5.41) is 12.9. The van der Waals surface area contributed by atoms with E-state index in [1.807, 2.05) is 72.8 Å². The van der Waals surface area contributed by atoms with Crippen molar-refractivity contribution in [3.05, 3.63) is 168 Å². The molecular weight excluding hydrogens is 647 g/mol. The molecule has 256 valence electrons. The van der Waals surface area contributed by atoms with E-state index in [2.05, 4.69) is 87.5 Å². The Morgan fingerprint density at radius 1 is 0.765 bits per heavy atom. The highest BCUT2D eigenvalue weighted by Gasteiger charge is 2.37. The van der Waals surface area contributed by atoms with Crippen LogP contribution in [0, 0.1) is 5.92 Å². The second kappa shape index (κ2) is 14.9. The van der Waals surface area contributed by atoms with Crippen LogP contribution in [0.25, 0.3) is 28.2 Å². The fourth-order valence-corrected chi connectivity index (χ4v) is 9.58. The number of aliphatic hydroxyl groups excluding tert-OH is 1. The van der Waals surface area contributed by atoms with Gasteiger partial charge in [0.2, 0.25) is 5.78 Å². The molecule has 1 aliphatic carbocycles. The number of fused-ring (bicyclic) bond motifs is 1. The molecule has 1 N–H and O–H groups in total. The number of aromatic nitrogens is 1. The van der Waals surface area contributed by atoms with E-state index in [0.29, 0.717) is 17.9 Å². The smallest absolute Gasteiger partial charge is 0.298 e. The van der Waals surface area contributed by atoms with Gasteiger partial charge in [0, 0.05) is 29.7 Å². The summed E-state index contributed by atoms with van der Waals surface area (Å²) in [4.78, 5) is 19.9. The van der Waals surface area contributed by atoms with Crippen molar-refractivity contribution in [2.24, 2.45) is 5.92 Å². The third-order valence-corrected chi connectivity index (χ3v) is 12.1. The van der Waals surface area contributed by atoms with Crippen molar-refractivity contribution in [1.82, 2.24) is 4.98 Å². The van der Waals surface area contributed by atoms with Crippen molar-refractivity contribution in [2.45, 2.75) is 45.4 Å². The molecule has 5 aromatic carbocycles. The number of carbonyl (C=O) groups excluding carboxylic acids is 1. The van der Waals surface area contributed by atoms with Gasteiger partial charge in [-0.2, -0.15) is 0 Å². The summed E-state index contributed by atoms with van der Waals surface area (Å²) in [7, 11) is -2.25. The maximum atomic E-state index is 15.0. The van der Waals surface area contributed by atoms with E-state index in [4.69, 9.17) is 13.8 Å². The van der Waals surface area contributed by atoms with Crippen LogP contribution in [0.15, 0.2) is 150 Å². The lowest BCUT2D eigenvalue weighted by Gasteiger charge is -2.34. The molecule has 0 saturated heterocycles. The topological polar surface area (TPSA) is 72.6 Å². The van der Waals surface area contributed by atoms with E-state index in [1.54, 1.807) is 0 Å². The molecule has 0 radical (unpaired) electrons. The molecule has 0 saturated carbocycles. The van der Waals surface area contributed by atoms with Gasteiger partial charge in [0.05, 0.1) is 11.7 Å². The Kier molecular flexibility index (Phi) is 9.98. The van der Waals surface area contributed by atoms with Gasteiger partial charge in [-0.15, -0.1) is 0 Å². The summed E-state index contributed by atoms with van der Waals surface area (Å²) in [5.74, 6) is 0.357. The maximum Gasteiger partial charge on any atom is 0.298 e. The average Bonchev–Trinajstić information content (AvgIpc) is 3.62. The lowest BCUT2D eigenvalue weighted by molar-refractivity contribution is 0.0896. The second-order valence-corrected chi connectivity index (χ2v) is 16.4. The lowest BCUT2D eigenvalue weighted by Crippen LogP contribution is -2.45. The second-order valence-electron chi connectivity index (χ2n) is 14.1. The molecule has 1 atom stereocenters. The lowest BCUT2D eigenvalue weighted by atomic mass is 9.74. The Morgan fingerprint density at radius 2 is 1.33 bits per heavy atom. The Balaban J connectivity index is 1.41. The van der Waals surface area contributed by atoms with Crippen molar-refractivity contribution in [3.8, 4) is 22.6 Å². The molecule has 1 heterocycles. The van der Waals surface area contributed by atoms with Crippen LogP contribution < -0.4 is 10.4 Å². The first-order chi connectivity index (χ1) is 24.8. The zero-order valence-corrected chi connectivity index (χ0v) is 30.5. The minimum atomic E-state index is -2.25. The van der Waals surface area contributed by atoms with Crippen LogP contribution in [0.5, 0.6) is 0 Å². The van der Waals surface area contributed by atoms with Gasteiger partial charge in [0.1, 0.15) is 5.69 Å². The predicted octanol–water partition coefficient (Wildman–Crippen LogP) is 8.40. The van der Waals surface area contributed by atoms with Crippen LogP contribution in [-0.2, 0) is 16.3 Å². The molecule has 6 aromatic rings. The van der Waals surface area contributed by atoms with E-state index in [-0.39, 0.29) is 30.1 Å². The number of hydrogen-bond donors (Lipinski definition) is 1. The highest BCUT2D eigenvalue weighted by atomic mass is 28.3. The fraction of sp³-hybridized carbons (Fsp3) is 0.200. The van der Waals surface area contributed by atoms with Gasteiger partial charge in [-0.25, -0.2) is 4.98 Å². The first-order valence-electron chi connectivity index (χ1n) is 17.7. The molecule has 0 amide bonds. The molecule has 0 aliphatic heterocycles. The Hall–Kier alpha value is -5.30. The first-order valence-corrected chi connectivity index (χ1v) is 19.3. The SMILES string of the molecule is CC(C)(C)c1cccc2c1CCC(O[SiH](c1ccccc1)c1ccccc1)=C2C(CCO)C(=O)c1nc(-c2ccccc2)c(-c2ccccc2)o1. The molecule has 0 fully saturated rings. The highest BCUT2D eigenvalue weighted by molar-refractivity contribution is 6.80. The Bertz CT molecular complexity index is 2040. The van der Waals surface area contributed by atoms with Crippen molar-refractivity contribution < 1.29 is 18.7 Å². The Morgan fingerprint density at radius 3 is 1.90 bits per heavy atom. The monoisotopic (exact) mass is 689 g/mol. The van der Waals surface area contributed by atoms with Gasteiger partial charge in [0.25, 0.3) is 14.9 Å². The van der Waals surface area contributed by atoms with Gasteiger partial charge in [0.15, 0.2) is 5.76 Å². The van der Waals surface area contributed by atoms with Crippen molar-refractivity contribution in [3.63, 3.8) is 0 Å². The number of nitrogens with zero attached hydrogens (tertiary/aromatic N) is 1. The molecular formula is C45H43NO4Si. The van der Waals surface area contributed by atoms with Crippen molar-refractivity contribution in [1.29, 1.82) is 0 Å². The molecule has 1 aromatic heterocycles. The number of rotatable bonds is 11. The number of hydrogen-bond acceptors (Lipinski definition) is 5. The van der Waals surface area contributed by atoms with E-state index < -0.39 is 15.0 Å². The third-order valence-electron chi connectivity index (χ3n) is 9.65. The zero-order chi connectivity index (χ0) is 35.4. The number of ketones is 1. The van der Waals surface area contributed by atoms with E-state index in [0.717, 1.165) is 44.8 Å². The molecule has 5 nitrogen and oxygen atoms in total. The van der Waals surface area contributed by atoms with E-state index in [1.165, 1.54) is 11.1 Å². The van der Waals surface area contributed by atoms with Gasteiger partial charge < -0.3 is 13.9 Å². The van der Waals surface area contributed by atoms with Gasteiger partial charge in [-0.05, 0) is 45.3 Å². The maximum absolute atomic E-state index is 15.0. The van der Waals surface area contributed by atoms with Crippen LogP contribution in [0.3, 0.4) is 0 Å². The standard InChI is InChI=1S/C45H43NO4Si/c1-45(2,3)38-26-16-25-36-35(38)27-28-39(50-51(33-21-12-6-13-22-33)34-23-14-7-15-24-34)40(36)37(29-30-47)42(48)44-46-41(31-17-8-4-9-18-31)43(49-44)32-19-10-5-11-20-32/h4-26,37,47,51H,27-30H2,1-3H3. The van der Waals surface area contributed by atoms with E-state index >= 15 is 0 Å². The molecule has 7 rings (SSSR count). The first kappa shape index (κ1) is 34.2. The normalized spacial score (nSPS) is 13.6. The molecule has 1 aliphatic rings. The summed E-state index contributed by atoms with van der Waals surface area (Å²) >= 11 is 0. The third kappa shape index (κ3) is 7.16. The van der Waals surface area contributed by atoms with Gasteiger partial charge in [-0.3, -0.25) is 4.79 Å². The number of allylic oxidation sites excluding steroid dienone is 2. The zero-order valence-electron chi connectivity index (χ0n) is 29.4. The van der Waals surface area contributed by atoms with Crippen LogP contribution >= 0.6 is 0 Å². The molecule has 1 unspecified atom stereocenters. The molecule has 0 spiro atoms. The van der Waals surface area contributed by atoms with Crippen LogP contribution in [0.2, 0.25) is 0 Å². The fourth-order valence-electron chi connectivity index (χ4n) is 7.25. The summed E-state index contributed by atoms with van der Waals surface area (Å²) in [6, 6.07) is 46.8.